The molecule has 3 nitrogen and oxygen atoms in total. The first-order valence-electron chi connectivity index (χ1n) is 8.31. The minimum atomic E-state index is -6.09. The Morgan fingerprint density at radius 1 is 0.833 bits per heavy atom. The predicted octanol–water partition coefficient (Wildman–Crippen LogP) is 6.01. The lowest BCUT2D eigenvalue weighted by Gasteiger charge is -2.34. The van der Waals surface area contributed by atoms with Crippen LogP contribution in [0.5, 0.6) is 0 Å². The average Bonchev–Trinajstić information content (AvgIpc) is 2.66. The number of amides is 1. The van der Waals surface area contributed by atoms with E-state index in [-0.39, 0.29) is 16.3 Å². The molecule has 10 heteroatoms. The van der Waals surface area contributed by atoms with Crippen molar-refractivity contribution in [3.8, 4) is 0 Å². The van der Waals surface area contributed by atoms with Crippen LogP contribution in [-0.4, -0.2) is 23.4 Å². The summed E-state index contributed by atoms with van der Waals surface area (Å²) < 4.78 is 81.7. The summed E-state index contributed by atoms with van der Waals surface area (Å²) in [6, 6.07) is 13.1. The lowest BCUT2D eigenvalue weighted by Crippen LogP contribution is -2.54. The number of fused-ring (bicyclic) bond motifs is 1. The maximum absolute atomic E-state index is 13.5. The summed E-state index contributed by atoms with van der Waals surface area (Å²) in [6.07, 6.45) is -12.2. The highest BCUT2D eigenvalue weighted by Gasteiger charge is 2.72. The maximum Gasteiger partial charge on any atom is 0.430 e. The SMILES string of the molecule is O=C(Nc1c(C(O)(C(F)(F)F)C(F)(F)F)ccc2ccccc12)c1ccc(I)cc1. The molecule has 0 bridgehead atoms. The Bertz CT molecular complexity index is 1080. The van der Waals surface area contributed by atoms with Crippen molar-refractivity contribution in [2.75, 3.05) is 5.32 Å². The van der Waals surface area contributed by atoms with Crippen molar-refractivity contribution in [1.82, 2.24) is 0 Å². The summed E-state index contributed by atoms with van der Waals surface area (Å²) >= 11 is 1.97. The average molecular weight is 539 g/mol. The number of carbonyl (C=O) groups excluding carboxylic acids is 1. The first-order chi connectivity index (χ1) is 13.9. The van der Waals surface area contributed by atoms with Gasteiger partial charge >= 0.3 is 12.4 Å². The van der Waals surface area contributed by atoms with Gasteiger partial charge in [0.2, 0.25) is 0 Å². The third-order valence-electron chi connectivity index (χ3n) is 4.48. The standard InChI is InChI=1S/C20H12F6INO2/c21-19(22,23)18(30,20(24,25)26)15-10-7-11-3-1-2-4-14(11)16(15)28-17(29)12-5-8-13(27)9-6-12/h1-10,30H,(H,28,29). The van der Waals surface area contributed by atoms with E-state index >= 15 is 0 Å². The number of anilines is 1. The predicted molar refractivity (Wildman–Crippen MR) is 107 cm³/mol. The number of rotatable bonds is 3. The molecule has 30 heavy (non-hydrogen) atoms. The van der Waals surface area contributed by atoms with Gasteiger partial charge in [-0.15, -0.1) is 0 Å². The van der Waals surface area contributed by atoms with Gasteiger partial charge in [-0.3, -0.25) is 4.79 Å². The fraction of sp³-hybridized carbons (Fsp3) is 0.150. The number of halogens is 7. The topological polar surface area (TPSA) is 49.3 Å². The van der Waals surface area contributed by atoms with Crippen molar-refractivity contribution in [2.45, 2.75) is 18.0 Å². The van der Waals surface area contributed by atoms with Crippen LogP contribution in [0.2, 0.25) is 0 Å². The van der Waals surface area contributed by atoms with Crippen LogP contribution in [0.3, 0.4) is 0 Å². The molecule has 0 aliphatic rings. The summed E-state index contributed by atoms with van der Waals surface area (Å²) in [5.74, 6) is -0.921. The van der Waals surface area contributed by atoms with Crippen molar-refractivity contribution in [3.63, 3.8) is 0 Å². The molecule has 0 radical (unpaired) electrons. The lowest BCUT2D eigenvalue weighted by atomic mass is 9.88. The van der Waals surface area contributed by atoms with Crippen LogP contribution in [0.4, 0.5) is 32.0 Å². The molecule has 3 rings (SSSR count). The Labute approximate surface area is 179 Å². The number of alkyl halides is 6. The molecular weight excluding hydrogens is 527 g/mol. The summed E-state index contributed by atoms with van der Waals surface area (Å²) in [6.45, 7) is 0. The van der Waals surface area contributed by atoms with E-state index in [1.807, 2.05) is 22.6 Å². The molecule has 0 aliphatic heterocycles. The minimum absolute atomic E-state index is 0.0249. The summed E-state index contributed by atoms with van der Waals surface area (Å²) in [5, 5.41) is 12.3. The van der Waals surface area contributed by atoms with E-state index in [0.29, 0.717) is 6.07 Å². The van der Waals surface area contributed by atoms with E-state index in [2.05, 4.69) is 5.32 Å². The Balaban J connectivity index is 2.26. The first-order valence-corrected chi connectivity index (χ1v) is 9.39. The fourth-order valence-corrected chi connectivity index (χ4v) is 3.32. The first kappa shape index (κ1) is 22.3. The van der Waals surface area contributed by atoms with Crippen molar-refractivity contribution in [2.24, 2.45) is 0 Å². The quantitative estimate of drug-likeness (QED) is 0.317. The fourth-order valence-electron chi connectivity index (χ4n) is 2.96. The number of benzene rings is 3. The molecule has 0 aromatic heterocycles. The highest BCUT2D eigenvalue weighted by atomic mass is 127. The second-order valence-corrected chi connectivity index (χ2v) is 7.62. The van der Waals surface area contributed by atoms with E-state index in [1.54, 1.807) is 12.1 Å². The van der Waals surface area contributed by atoms with Gasteiger partial charge in [0.15, 0.2) is 0 Å². The van der Waals surface area contributed by atoms with Gasteiger partial charge in [-0.25, -0.2) is 0 Å². The summed E-state index contributed by atoms with van der Waals surface area (Å²) in [7, 11) is 0. The van der Waals surface area contributed by atoms with Gasteiger partial charge in [-0.2, -0.15) is 26.3 Å². The van der Waals surface area contributed by atoms with E-state index in [4.69, 9.17) is 0 Å². The number of aliphatic hydroxyl groups is 1. The summed E-state index contributed by atoms with van der Waals surface area (Å²) in [4.78, 5) is 12.6. The van der Waals surface area contributed by atoms with Crippen LogP contribution >= 0.6 is 22.6 Å². The highest BCUT2D eigenvalue weighted by molar-refractivity contribution is 14.1. The molecular formula is C20H12F6INO2. The summed E-state index contributed by atoms with van der Waals surface area (Å²) in [5.41, 5.74) is -7.44. The smallest absolute Gasteiger partial charge is 0.369 e. The van der Waals surface area contributed by atoms with Crippen LogP contribution in [0.15, 0.2) is 60.7 Å². The zero-order valence-electron chi connectivity index (χ0n) is 14.8. The maximum atomic E-state index is 13.5. The third-order valence-corrected chi connectivity index (χ3v) is 5.20. The highest BCUT2D eigenvalue weighted by Crippen LogP contribution is 2.53. The molecule has 1 amide bonds. The molecule has 0 fully saturated rings. The van der Waals surface area contributed by atoms with Gasteiger partial charge in [-0.1, -0.05) is 36.4 Å². The van der Waals surface area contributed by atoms with Gasteiger partial charge in [-0.05, 0) is 52.2 Å². The van der Waals surface area contributed by atoms with Crippen LogP contribution in [-0.2, 0) is 5.60 Å². The second kappa shape index (κ2) is 7.73. The van der Waals surface area contributed by atoms with Crippen LogP contribution < -0.4 is 5.32 Å². The Morgan fingerprint density at radius 2 is 1.40 bits per heavy atom. The zero-order valence-corrected chi connectivity index (χ0v) is 16.9. The van der Waals surface area contributed by atoms with Gasteiger partial charge in [0, 0.05) is 20.1 Å². The molecule has 2 N–H and O–H groups in total. The van der Waals surface area contributed by atoms with Crippen LogP contribution in [0, 0.1) is 3.57 Å². The molecule has 3 aromatic carbocycles. The Hall–Kier alpha value is -2.34. The molecule has 0 spiro atoms. The second-order valence-electron chi connectivity index (χ2n) is 6.38. The molecule has 0 atom stereocenters. The Kier molecular flexibility index (Phi) is 5.76. The van der Waals surface area contributed by atoms with Crippen molar-refractivity contribution in [3.05, 3.63) is 75.4 Å². The van der Waals surface area contributed by atoms with Gasteiger partial charge in [0.05, 0.1) is 5.69 Å². The van der Waals surface area contributed by atoms with E-state index in [1.165, 1.54) is 36.4 Å². The monoisotopic (exact) mass is 539 g/mol. The zero-order chi connectivity index (χ0) is 22.3. The molecule has 3 aromatic rings. The molecule has 0 saturated carbocycles. The number of hydrogen-bond acceptors (Lipinski definition) is 2. The third kappa shape index (κ3) is 3.85. The number of carbonyl (C=O) groups is 1. The lowest BCUT2D eigenvalue weighted by molar-refractivity contribution is -0.375. The van der Waals surface area contributed by atoms with Gasteiger partial charge < -0.3 is 10.4 Å². The van der Waals surface area contributed by atoms with E-state index < -0.39 is 35.1 Å². The van der Waals surface area contributed by atoms with Crippen molar-refractivity contribution >= 4 is 45.0 Å². The molecule has 0 saturated heterocycles. The number of hydrogen-bond donors (Lipinski definition) is 2. The largest absolute Gasteiger partial charge is 0.430 e. The molecule has 0 unspecified atom stereocenters. The molecule has 0 heterocycles. The van der Waals surface area contributed by atoms with Gasteiger partial charge in [0.25, 0.3) is 11.5 Å². The van der Waals surface area contributed by atoms with E-state index in [9.17, 15) is 36.2 Å². The van der Waals surface area contributed by atoms with Crippen LogP contribution in [0.1, 0.15) is 15.9 Å². The van der Waals surface area contributed by atoms with Crippen molar-refractivity contribution < 1.29 is 36.2 Å². The Morgan fingerprint density at radius 3 is 1.97 bits per heavy atom. The molecule has 0 aliphatic carbocycles. The minimum Gasteiger partial charge on any atom is -0.369 e. The van der Waals surface area contributed by atoms with Crippen LogP contribution in [0.25, 0.3) is 10.8 Å². The number of nitrogens with one attached hydrogen (secondary N) is 1. The van der Waals surface area contributed by atoms with Gasteiger partial charge in [0.1, 0.15) is 0 Å². The molecule has 158 valence electrons. The van der Waals surface area contributed by atoms with E-state index in [0.717, 1.165) is 9.64 Å². The van der Waals surface area contributed by atoms with Crippen molar-refractivity contribution in [1.29, 1.82) is 0 Å². The normalized spacial score (nSPS) is 12.8.